The largest absolute Gasteiger partial charge is 0.489 e. The molecule has 3 amide bonds. The molecule has 0 fully saturated rings. The number of imidazole rings is 1. The molecule has 2 N–H and O–H groups in total. The summed E-state index contributed by atoms with van der Waals surface area (Å²) in [5.41, 5.74) is 1.40. The SMILES string of the molecule is Cn1ccn2ncc(C(=O)N3CCCNC(=O)c4ncccc4OCCNC(=O)CCC3)c12. The summed E-state index contributed by atoms with van der Waals surface area (Å²) in [6.45, 7) is 1.74. The highest BCUT2D eigenvalue weighted by Gasteiger charge is 2.22. The van der Waals surface area contributed by atoms with E-state index in [1.54, 1.807) is 33.9 Å². The first kappa shape index (κ1) is 22.3. The fourth-order valence-electron chi connectivity index (χ4n) is 3.79. The van der Waals surface area contributed by atoms with Crippen LogP contribution in [0.1, 0.15) is 40.1 Å². The van der Waals surface area contributed by atoms with E-state index in [0.29, 0.717) is 62.4 Å². The summed E-state index contributed by atoms with van der Waals surface area (Å²) in [6, 6.07) is 3.36. The average Bonchev–Trinajstić information content (AvgIpc) is 3.40. The number of pyridine rings is 1. The van der Waals surface area contributed by atoms with Gasteiger partial charge in [-0.1, -0.05) is 0 Å². The number of fused-ring (bicyclic) bond motifs is 2. The number of hydrogen-bond acceptors (Lipinski definition) is 6. The van der Waals surface area contributed by atoms with Crippen molar-refractivity contribution >= 4 is 23.4 Å². The first-order valence-corrected chi connectivity index (χ1v) is 11.0. The van der Waals surface area contributed by atoms with Gasteiger partial charge in [-0.25, -0.2) is 9.50 Å². The minimum absolute atomic E-state index is 0.113. The van der Waals surface area contributed by atoms with Crippen LogP contribution in [0.3, 0.4) is 0 Å². The third-order valence-corrected chi connectivity index (χ3v) is 5.44. The predicted octanol–water partition coefficient (Wildman–Crippen LogP) is 0.619. The lowest BCUT2D eigenvalue weighted by atomic mass is 10.2. The fraction of sp³-hybridized carbons (Fsp3) is 0.409. The van der Waals surface area contributed by atoms with Crippen LogP contribution < -0.4 is 15.4 Å². The number of carbonyl (C=O) groups excluding carboxylic acids is 3. The summed E-state index contributed by atoms with van der Waals surface area (Å²) < 4.78 is 9.14. The molecule has 0 saturated heterocycles. The Morgan fingerprint density at radius 1 is 1.12 bits per heavy atom. The first-order valence-electron chi connectivity index (χ1n) is 11.0. The molecule has 174 valence electrons. The summed E-state index contributed by atoms with van der Waals surface area (Å²) in [5, 5.41) is 9.90. The van der Waals surface area contributed by atoms with E-state index in [9.17, 15) is 14.4 Å². The maximum absolute atomic E-state index is 13.3. The van der Waals surface area contributed by atoms with Gasteiger partial charge >= 0.3 is 0 Å². The van der Waals surface area contributed by atoms with Gasteiger partial charge in [-0.2, -0.15) is 5.10 Å². The number of nitrogens with zero attached hydrogens (tertiary/aromatic N) is 5. The third kappa shape index (κ3) is 5.13. The van der Waals surface area contributed by atoms with Gasteiger partial charge < -0.3 is 24.8 Å². The van der Waals surface area contributed by atoms with Crippen molar-refractivity contribution in [3.63, 3.8) is 0 Å². The Balaban J connectivity index is 1.49. The van der Waals surface area contributed by atoms with E-state index in [4.69, 9.17) is 4.74 Å². The normalized spacial score (nSPS) is 16.6. The van der Waals surface area contributed by atoms with E-state index in [-0.39, 0.29) is 30.0 Å². The molecule has 0 spiro atoms. The van der Waals surface area contributed by atoms with E-state index in [0.717, 1.165) is 0 Å². The van der Waals surface area contributed by atoms with Gasteiger partial charge in [0.25, 0.3) is 11.8 Å². The summed E-state index contributed by atoms with van der Waals surface area (Å²) >= 11 is 0. The minimum atomic E-state index is -0.346. The maximum Gasteiger partial charge on any atom is 0.273 e. The number of nitrogens with one attached hydrogen (secondary N) is 2. The van der Waals surface area contributed by atoms with E-state index < -0.39 is 0 Å². The van der Waals surface area contributed by atoms with Gasteiger partial charge in [0, 0.05) is 51.7 Å². The third-order valence-electron chi connectivity index (χ3n) is 5.44. The van der Waals surface area contributed by atoms with Gasteiger partial charge in [-0.05, 0) is 25.0 Å². The molecular weight excluding hydrogens is 426 g/mol. The smallest absolute Gasteiger partial charge is 0.273 e. The molecular formula is C22H27N7O4. The molecule has 0 bridgehead atoms. The lowest BCUT2D eigenvalue weighted by Crippen LogP contribution is -2.36. The zero-order valence-electron chi connectivity index (χ0n) is 18.5. The molecule has 33 heavy (non-hydrogen) atoms. The standard InChI is InChI=1S/C22H27N7O4/c1-27-12-13-29-21(27)16(15-26-29)22(32)28-10-3-6-18(30)23-9-14-33-17-5-2-7-24-19(17)20(31)25-8-4-11-28/h2,5,7,12-13,15H,3-4,6,8-11,14H2,1H3,(H,23,30)(H,25,31). The summed E-state index contributed by atoms with van der Waals surface area (Å²) in [5.74, 6) is -0.250. The van der Waals surface area contributed by atoms with Crippen LogP contribution >= 0.6 is 0 Å². The van der Waals surface area contributed by atoms with Gasteiger partial charge in [-0.15, -0.1) is 0 Å². The second-order valence-corrected chi connectivity index (χ2v) is 7.79. The van der Waals surface area contributed by atoms with Crippen LogP contribution in [0.4, 0.5) is 0 Å². The van der Waals surface area contributed by atoms with Crippen LogP contribution in [-0.4, -0.2) is 74.6 Å². The number of carbonyl (C=O) groups is 3. The molecule has 4 heterocycles. The number of ether oxygens (including phenoxy) is 1. The Morgan fingerprint density at radius 3 is 2.85 bits per heavy atom. The lowest BCUT2D eigenvalue weighted by Gasteiger charge is -2.23. The van der Waals surface area contributed by atoms with Gasteiger partial charge in [-0.3, -0.25) is 14.4 Å². The van der Waals surface area contributed by atoms with Gasteiger partial charge in [0.15, 0.2) is 11.4 Å². The van der Waals surface area contributed by atoms with E-state index >= 15 is 0 Å². The van der Waals surface area contributed by atoms with Crippen LogP contribution in [0.5, 0.6) is 5.75 Å². The summed E-state index contributed by atoms with van der Waals surface area (Å²) in [6.07, 6.45) is 8.08. The predicted molar refractivity (Wildman–Crippen MR) is 119 cm³/mol. The molecule has 0 atom stereocenters. The van der Waals surface area contributed by atoms with Crippen molar-refractivity contribution in [3.05, 3.63) is 48.2 Å². The van der Waals surface area contributed by atoms with Crippen LogP contribution in [0.2, 0.25) is 0 Å². The summed E-state index contributed by atoms with van der Waals surface area (Å²) in [7, 11) is 1.86. The molecule has 0 radical (unpaired) electrons. The quantitative estimate of drug-likeness (QED) is 0.557. The number of rotatable bonds is 1. The van der Waals surface area contributed by atoms with Gasteiger partial charge in [0.05, 0.1) is 12.7 Å². The van der Waals surface area contributed by atoms with Crippen LogP contribution in [0.25, 0.3) is 5.65 Å². The topological polar surface area (TPSA) is 123 Å². The second kappa shape index (κ2) is 10.2. The number of hydrogen-bond donors (Lipinski definition) is 2. The number of amides is 3. The molecule has 0 saturated carbocycles. The molecule has 4 rings (SSSR count). The molecule has 3 aromatic heterocycles. The maximum atomic E-state index is 13.3. The van der Waals surface area contributed by atoms with Crippen molar-refractivity contribution < 1.29 is 19.1 Å². The Kier molecular flexibility index (Phi) is 6.86. The van der Waals surface area contributed by atoms with Crippen molar-refractivity contribution in [2.75, 3.05) is 32.8 Å². The van der Waals surface area contributed by atoms with Crippen LogP contribution in [0.15, 0.2) is 36.9 Å². The average molecular weight is 454 g/mol. The Labute approximate surface area is 190 Å². The van der Waals surface area contributed by atoms with Gasteiger partial charge in [0.2, 0.25) is 5.91 Å². The lowest BCUT2D eigenvalue weighted by molar-refractivity contribution is -0.121. The van der Waals surface area contributed by atoms with E-state index in [1.807, 2.05) is 17.8 Å². The fourth-order valence-corrected chi connectivity index (χ4v) is 3.79. The van der Waals surface area contributed by atoms with Crippen molar-refractivity contribution in [2.45, 2.75) is 19.3 Å². The highest BCUT2D eigenvalue weighted by Crippen LogP contribution is 2.16. The summed E-state index contributed by atoms with van der Waals surface area (Å²) in [4.78, 5) is 43.9. The van der Waals surface area contributed by atoms with Crippen molar-refractivity contribution in [1.82, 2.24) is 34.7 Å². The highest BCUT2D eigenvalue weighted by atomic mass is 16.5. The van der Waals surface area contributed by atoms with E-state index in [1.165, 1.54) is 6.20 Å². The zero-order valence-corrected chi connectivity index (χ0v) is 18.5. The van der Waals surface area contributed by atoms with Crippen molar-refractivity contribution in [2.24, 2.45) is 7.05 Å². The molecule has 1 aliphatic rings. The number of aromatic nitrogens is 4. The Morgan fingerprint density at radius 2 is 1.97 bits per heavy atom. The Bertz CT molecular complexity index is 1150. The molecule has 11 nitrogen and oxygen atoms in total. The molecule has 0 aliphatic carbocycles. The molecule has 0 unspecified atom stereocenters. The van der Waals surface area contributed by atoms with Crippen LogP contribution in [0, 0.1) is 0 Å². The van der Waals surface area contributed by atoms with Crippen LogP contribution in [-0.2, 0) is 11.8 Å². The minimum Gasteiger partial charge on any atom is -0.489 e. The second-order valence-electron chi connectivity index (χ2n) is 7.79. The molecule has 0 aromatic carbocycles. The van der Waals surface area contributed by atoms with Gasteiger partial charge in [0.1, 0.15) is 17.8 Å². The number of aryl methyl sites for hydroxylation is 1. The van der Waals surface area contributed by atoms with E-state index in [2.05, 4.69) is 20.7 Å². The first-order chi connectivity index (χ1) is 16.0. The molecule has 3 aromatic rings. The zero-order chi connectivity index (χ0) is 23.2. The molecule has 1 aliphatic heterocycles. The van der Waals surface area contributed by atoms with Crippen molar-refractivity contribution in [1.29, 1.82) is 0 Å². The monoisotopic (exact) mass is 453 g/mol. The highest BCUT2D eigenvalue weighted by molar-refractivity contribution is 6.00. The Hall–Kier alpha value is -3.89. The van der Waals surface area contributed by atoms with Crippen molar-refractivity contribution in [3.8, 4) is 5.75 Å². The molecule has 11 heteroatoms.